The maximum Gasteiger partial charge on any atom is 0.256 e. The number of aromatic nitrogens is 2. The van der Waals surface area contributed by atoms with E-state index in [1.54, 1.807) is 4.90 Å². The van der Waals surface area contributed by atoms with E-state index < -0.39 is 5.82 Å². The van der Waals surface area contributed by atoms with Crippen LogP contribution in [-0.2, 0) is 0 Å². The third-order valence-electron chi connectivity index (χ3n) is 4.71. The van der Waals surface area contributed by atoms with Gasteiger partial charge in [0.05, 0.1) is 10.6 Å². The number of carbonyl (C=O) groups excluding carboxylic acids is 1. The molecule has 27 heavy (non-hydrogen) atoms. The zero-order chi connectivity index (χ0) is 19.0. The van der Waals surface area contributed by atoms with Gasteiger partial charge >= 0.3 is 0 Å². The van der Waals surface area contributed by atoms with Gasteiger partial charge in [0.1, 0.15) is 11.9 Å². The summed E-state index contributed by atoms with van der Waals surface area (Å²) in [6, 6.07) is 11.3. The van der Waals surface area contributed by atoms with E-state index in [0.717, 1.165) is 30.0 Å². The third-order valence-corrected chi connectivity index (χ3v) is 5.02. The van der Waals surface area contributed by atoms with E-state index in [4.69, 9.17) is 16.1 Å². The highest BCUT2D eigenvalue weighted by atomic mass is 35.5. The van der Waals surface area contributed by atoms with Crippen LogP contribution in [0.4, 0.5) is 4.39 Å². The summed E-state index contributed by atoms with van der Waals surface area (Å²) in [6.07, 6.45) is 1.54. The van der Waals surface area contributed by atoms with Crippen molar-refractivity contribution in [1.82, 2.24) is 15.0 Å². The Labute approximate surface area is 160 Å². The van der Waals surface area contributed by atoms with Crippen molar-refractivity contribution in [2.75, 3.05) is 6.54 Å². The van der Waals surface area contributed by atoms with Gasteiger partial charge < -0.3 is 9.42 Å². The Morgan fingerprint density at radius 1 is 1.26 bits per heavy atom. The number of rotatable bonds is 3. The molecule has 0 aliphatic carbocycles. The summed E-state index contributed by atoms with van der Waals surface area (Å²) < 4.78 is 18.7. The Kier molecular flexibility index (Phi) is 4.66. The Bertz CT molecular complexity index is 987. The van der Waals surface area contributed by atoms with Crippen molar-refractivity contribution in [3.63, 3.8) is 0 Å². The molecular weight excluding hydrogens is 369 g/mol. The van der Waals surface area contributed by atoms with E-state index in [0.29, 0.717) is 18.3 Å². The van der Waals surface area contributed by atoms with Crippen molar-refractivity contribution < 1.29 is 13.7 Å². The molecule has 5 nitrogen and oxygen atoms in total. The van der Waals surface area contributed by atoms with Gasteiger partial charge in [-0.3, -0.25) is 4.79 Å². The first-order valence-corrected chi connectivity index (χ1v) is 9.07. The first-order chi connectivity index (χ1) is 13.0. The van der Waals surface area contributed by atoms with Crippen LogP contribution in [0.25, 0.3) is 11.4 Å². The number of hydrogen-bond donors (Lipinski definition) is 0. The molecule has 3 aromatic rings. The van der Waals surface area contributed by atoms with Crippen LogP contribution >= 0.6 is 11.6 Å². The second-order valence-corrected chi connectivity index (χ2v) is 7.01. The molecule has 0 unspecified atom stereocenters. The van der Waals surface area contributed by atoms with Crippen molar-refractivity contribution in [3.05, 3.63) is 70.3 Å². The zero-order valence-electron chi connectivity index (χ0n) is 14.7. The van der Waals surface area contributed by atoms with E-state index in [1.165, 1.54) is 12.1 Å². The highest BCUT2D eigenvalue weighted by Gasteiger charge is 2.35. The van der Waals surface area contributed by atoms with Crippen molar-refractivity contribution >= 4 is 17.5 Å². The molecule has 4 rings (SSSR count). The van der Waals surface area contributed by atoms with Crippen LogP contribution < -0.4 is 0 Å². The number of carbonyl (C=O) groups is 1. The van der Waals surface area contributed by atoms with Gasteiger partial charge in [-0.05, 0) is 38.0 Å². The topological polar surface area (TPSA) is 59.2 Å². The van der Waals surface area contributed by atoms with Crippen LogP contribution in [0.3, 0.4) is 0 Å². The summed E-state index contributed by atoms with van der Waals surface area (Å²) in [6.45, 7) is 2.56. The molecule has 138 valence electrons. The minimum Gasteiger partial charge on any atom is -0.337 e. The lowest BCUT2D eigenvalue weighted by Crippen LogP contribution is -2.31. The fourth-order valence-corrected chi connectivity index (χ4v) is 3.52. The standard InChI is InChI=1S/C20H17ClFN3O2/c1-12-4-6-13(7-5-12)18-23-19(27-24-18)17-3-2-10-25(17)20(26)15-9-8-14(22)11-16(15)21/h4-9,11,17H,2-3,10H2,1H3/t17-/m0/s1. The average molecular weight is 386 g/mol. The SMILES string of the molecule is Cc1ccc(-c2noc([C@@H]3CCCN3C(=O)c3ccc(F)cc3Cl)n2)cc1. The minimum atomic E-state index is -0.478. The van der Waals surface area contributed by atoms with E-state index in [-0.39, 0.29) is 22.5 Å². The molecule has 0 bridgehead atoms. The molecule has 0 spiro atoms. The minimum absolute atomic E-state index is 0.0940. The lowest BCUT2D eigenvalue weighted by atomic mass is 10.1. The molecule has 1 fully saturated rings. The van der Waals surface area contributed by atoms with Crippen LogP contribution in [0.2, 0.25) is 5.02 Å². The molecule has 2 heterocycles. The largest absolute Gasteiger partial charge is 0.337 e. The summed E-state index contributed by atoms with van der Waals surface area (Å²) in [5, 5.41) is 4.15. The monoisotopic (exact) mass is 385 g/mol. The van der Waals surface area contributed by atoms with Crippen molar-refractivity contribution in [1.29, 1.82) is 0 Å². The normalized spacial score (nSPS) is 16.7. The van der Waals surface area contributed by atoms with E-state index in [2.05, 4.69) is 10.1 Å². The first kappa shape index (κ1) is 17.7. The molecule has 1 aromatic heterocycles. The van der Waals surface area contributed by atoms with Gasteiger partial charge in [0.25, 0.3) is 5.91 Å². The summed E-state index contributed by atoms with van der Waals surface area (Å²) in [5.41, 5.74) is 2.27. The Morgan fingerprint density at radius 3 is 2.78 bits per heavy atom. The predicted octanol–water partition coefficient (Wildman–Crippen LogP) is 4.81. The number of benzene rings is 2. The number of halogens is 2. The average Bonchev–Trinajstić information content (AvgIpc) is 3.31. The molecular formula is C20H17ClFN3O2. The molecule has 1 aliphatic heterocycles. The molecule has 0 N–H and O–H groups in total. The number of likely N-dealkylation sites (tertiary alicyclic amines) is 1. The highest BCUT2D eigenvalue weighted by molar-refractivity contribution is 6.33. The van der Waals surface area contributed by atoms with Crippen LogP contribution in [0.15, 0.2) is 47.0 Å². The molecule has 1 atom stereocenters. The summed E-state index contributed by atoms with van der Waals surface area (Å²) >= 11 is 6.05. The lowest BCUT2D eigenvalue weighted by molar-refractivity contribution is 0.0710. The Morgan fingerprint density at radius 2 is 2.04 bits per heavy atom. The summed E-state index contributed by atoms with van der Waals surface area (Å²) in [4.78, 5) is 19.1. The van der Waals surface area contributed by atoms with E-state index in [1.807, 2.05) is 31.2 Å². The van der Waals surface area contributed by atoms with Crippen LogP contribution in [-0.4, -0.2) is 27.5 Å². The van der Waals surface area contributed by atoms with Crippen molar-refractivity contribution in [3.8, 4) is 11.4 Å². The smallest absolute Gasteiger partial charge is 0.256 e. The van der Waals surface area contributed by atoms with E-state index >= 15 is 0 Å². The van der Waals surface area contributed by atoms with Crippen molar-refractivity contribution in [2.24, 2.45) is 0 Å². The van der Waals surface area contributed by atoms with Crippen LogP contribution in [0.5, 0.6) is 0 Å². The first-order valence-electron chi connectivity index (χ1n) is 8.69. The second-order valence-electron chi connectivity index (χ2n) is 6.60. The van der Waals surface area contributed by atoms with E-state index in [9.17, 15) is 9.18 Å². The Hall–Kier alpha value is -2.73. The molecule has 1 saturated heterocycles. The molecule has 1 amide bonds. The van der Waals surface area contributed by atoms with Gasteiger partial charge in [-0.2, -0.15) is 4.98 Å². The second kappa shape index (κ2) is 7.12. The Balaban J connectivity index is 1.60. The van der Waals surface area contributed by atoms with Gasteiger partial charge in [0, 0.05) is 12.1 Å². The fourth-order valence-electron chi connectivity index (χ4n) is 3.27. The van der Waals surface area contributed by atoms with Crippen LogP contribution in [0, 0.1) is 12.7 Å². The number of nitrogens with zero attached hydrogens (tertiary/aromatic N) is 3. The molecule has 2 aromatic carbocycles. The molecule has 7 heteroatoms. The third kappa shape index (κ3) is 3.45. The quantitative estimate of drug-likeness (QED) is 0.648. The van der Waals surface area contributed by atoms with Gasteiger partial charge in [0.2, 0.25) is 11.7 Å². The number of hydrogen-bond acceptors (Lipinski definition) is 4. The molecule has 0 radical (unpaired) electrons. The van der Waals surface area contributed by atoms with Gasteiger partial charge in [0.15, 0.2) is 0 Å². The highest BCUT2D eigenvalue weighted by Crippen LogP contribution is 2.34. The van der Waals surface area contributed by atoms with Crippen molar-refractivity contribution in [2.45, 2.75) is 25.8 Å². The fraction of sp³-hybridized carbons (Fsp3) is 0.250. The zero-order valence-corrected chi connectivity index (χ0v) is 15.4. The van der Waals surface area contributed by atoms with Gasteiger partial charge in [-0.25, -0.2) is 4.39 Å². The summed E-state index contributed by atoms with van der Waals surface area (Å²) in [5.74, 6) is 0.144. The lowest BCUT2D eigenvalue weighted by Gasteiger charge is -2.22. The molecule has 0 saturated carbocycles. The maximum atomic E-state index is 13.3. The van der Waals surface area contributed by atoms with Crippen LogP contribution in [0.1, 0.15) is 40.7 Å². The number of amides is 1. The van der Waals surface area contributed by atoms with Gasteiger partial charge in [-0.1, -0.05) is 46.6 Å². The number of aryl methyl sites for hydroxylation is 1. The molecule has 1 aliphatic rings. The van der Waals surface area contributed by atoms with Gasteiger partial charge in [-0.15, -0.1) is 0 Å². The maximum absolute atomic E-state index is 13.3. The predicted molar refractivity (Wildman–Crippen MR) is 98.9 cm³/mol. The summed E-state index contributed by atoms with van der Waals surface area (Å²) in [7, 11) is 0.